The van der Waals surface area contributed by atoms with Crippen molar-refractivity contribution in [3.63, 3.8) is 0 Å². The van der Waals surface area contributed by atoms with Crippen molar-refractivity contribution < 1.29 is 9.59 Å². The molecule has 0 saturated carbocycles. The van der Waals surface area contributed by atoms with Crippen molar-refractivity contribution in [2.45, 2.75) is 26.2 Å². The van der Waals surface area contributed by atoms with Crippen molar-refractivity contribution in [1.82, 2.24) is 5.32 Å². The van der Waals surface area contributed by atoms with E-state index in [1.165, 1.54) is 5.56 Å². The van der Waals surface area contributed by atoms with Gasteiger partial charge >= 0.3 is 6.03 Å². The first-order valence-corrected chi connectivity index (χ1v) is 12.8. The molecule has 1 saturated heterocycles. The number of hydrogen-bond donors (Lipinski definition) is 3. The Morgan fingerprint density at radius 3 is 2.40 bits per heavy atom. The molecule has 6 nitrogen and oxygen atoms in total. The van der Waals surface area contributed by atoms with Crippen molar-refractivity contribution in [2.75, 3.05) is 35.2 Å². The molecule has 1 aliphatic heterocycles. The van der Waals surface area contributed by atoms with E-state index in [-0.39, 0.29) is 11.9 Å². The number of nitrogens with zero attached hydrogens (tertiary/aromatic N) is 1. The largest absolute Gasteiger partial charge is 0.371 e. The first kappa shape index (κ1) is 24.8. The number of benzene rings is 3. The molecular formula is C28H31BrN4O2. The number of rotatable bonds is 7. The van der Waals surface area contributed by atoms with Gasteiger partial charge in [-0.2, -0.15) is 0 Å². The van der Waals surface area contributed by atoms with Crippen LogP contribution in [0.25, 0.3) is 0 Å². The molecule has 182 valence electrons. The van der Waals surface area contributed by atoms with Crippen LogP contribution in [0.4, 0.5) is 21.9 Å². The van der Waals surface area contributed by atoms with Crippen LogP contribution in [0.2, 0.25) is 0 Å². The van der Waals surface area contributed by atoms with Gasteiger partial charge in [0.1, 0.15) is 0 Å². The van der Waals surface area contributed by atoms with Crippen LogP contribution in [-0.4, -0.2) is 31.6 Å². The van der Waals surface area contributed by atoms with Gasteiger partial charge in [0.15, 0.2) is 0 Å². The van der Waals surface area contributed by atoms with Gasteiger partial charge in [-0.3, -0.25) is 4.79 Å². The third-order valence-electron chi connectivity index (χ3n) is 6.29. The lowest BCUT2D eigenvalue weighted by atomic mass is 9.97. The number of urea groups is 1. The van der Waals surface area contributed by atoms with Crippen LogP contribution in [0.5, 0.6) is 0 Å². The molecule has 4 rings (SSSR count). The number of carbonyl (C=O) groups is 2. The summed E-state index contributed by atoms with van der Waals surface area (Å²) in [6.07, 6.45) is 2.96. The number of halogens is 1. The van der Waals surface area contributed by atoms with Crippen LogP contribution in [0.15, 0.2) is 77.3 Å². The van der Waals surface area contributed by atoms with Gasteiger partial charge in [-0.1, -0.05) is 49.4 Å². The van der Waals surface area contributed by atoms with Gasteiger partial charge in [-0.25, -0.2) is 4.79 Å². The van der Waals surface area contributed by atoms with Crippen LogP contribution >= 0.6 is 15.9 Å². The van der Waals surface area contributed by atoms with Crippen LogP contribution in [0.3, 0.4) is 0 Å². The van der Waals surface area contributed by atoms with Crippen LogP contribution in [-0.2, 0) is 6.42 Å². The molecule has 3 amide bonds. The van der Waals surface area contributed by atoms with Crippen LogP contribution in [0, 0.1) is 5.92 Å². The molecule has 3 aromatic carbocycles. The summed E-state index contributed by atoms with van der Waals surface area (Å²) in [5.41, 5.74) is 3.90. The molecular weight excluding hydrogens is 504 g/mol. The lowest BCUT2D eigenvalue weighted by Crippen LogP contribution is -2.35. The van der Waals surface area contributed by atoms with Crippen molar-refractivity contribution in [3.05, 3.63) is 88.4 Å². The van der Waals surface area contributed by atoms with E-state index in [2.05, 4.69) is 55.8 Å². The van der Waals surface area contributed by atoms with E-state index in [0.29, 0.717) is 29.4 Å². The maximum absolute atomic E-state index is 13.3. The molecule has 0 spiro atoms. The normalized spacial score (nSPS) is 13.8. The average Bonchev–Trinajstić information content (AvgIpc) is 2.86. The van der Waals surface area contributed by atoms with Crippen molar-refractivity contribution >= 4 is 44.9 Å². The average molecular weight is 535 g/mol. The molecule has 0 aliphatic carbocycles. The zero-order chi connectivity index (χ0) is 24.6. The number of piperidine rings is 1. The SMILES string of the molecule is CC1CCN(c2ccc(NC(=O)Nc3ccccc3Br)cc2C(=O)NCCc2ccccc2)CC1. The molecule has 0 bridgehead atoms. The van der Waals surface area contributed by atoms with Crippen molar-refractivity contribution in [3.8, 4) is 0 Å². The molecule has 7 heteroatoms. The van der Waals surface area contributed by atoms with E-state index < -0.39 is 0 Å². The number of para-hydroxylation sites is 1. The van der Waals surface area contributed by atoms with Gasteiger partial charge in [0.2, 0.25) is 0 Å². The van der Waals surface area contributed by atoms with Gasteiger partial charge < -0.3 is 20.9 Å². The third-order valence-corrected chi connectivity index (χ3v) is 6.98. The minimum atomic E-state index is -0.369. The summed E-state index contributed by atoms with van der Waals surface area (Å²) in [6, 6.07) is 22.7. The van der Waals surface area contributed by atoms with E-state index >= 15 is 0 Å². The summed E-state index contributed by atoms with van der Waals surface area (Å²) in [6.45, 7) is 4.65. The van der Waals surface area contributed by atoms with E-state index in [1.807, 2.05) is 54.6 Å². The van der Waals surface area contributed by atoms with Gasteiger partial charge in [-0.15, -0.1) is 0 Å². The fraction of sp³-hybridized carbons (Fsp3) is 0.286. The Bertz CT molecular complexity index is 1160. The molecule has 0 radical (unpaired) electrons. The number of nitrogens with one attached hydrogen (secondary N) is 3. The van der Waals surface area contributed by atoms with Crippen LogP contribution < -0.4 is 20.9 Å². The zero-order valence-corrected chi connectivity index (χ0v) is 21.5. The van der Waals surface area contributed by atoms with Gasteiger partial charge in [0.05, 0.1) is 11.3 Å². The Morgan fingerprint density at radius 1 is 0.943 bits per heavy atom. The Labute approximate surface area is 215 Å². The van der Waals surface area contributed by atoms with Crippen LogP contribution in [0.1, 0.15) is 35.7 Å². The topological polar surface area (TPSA) is 73.5 Å². The summed E-state index contributed by atoms with van der Waals surface area (Å²) in [4.78, 5) is 28.2. The van der Waals surface area contributed by atoms with Crippen molar-refractivity contribution in [1.29, 1.82) is 0 Å². The minimum Gasteiger partial charge on any atom is -0.371 e. The Balaban J connectivity index is 1.49. The Morgan fingerprint density at radius 2 is 1.66 bits per heavy atom. The number of hydrogen-bond acceptors (Lipinski definition) is 3. The lowest BCUT2D eigenvalue weighted by Gasteiger charge is -2.33. The minimum absolute atomic E-state index is 0.135. The molecule has 1 heterocycles. The quantitative estimate of drug-likeness (QED) is 0.333. The summed E-state index contributed by atoms with van der Waals surface area (Å²) in [5.74, 6) is 0.556. The molecule has 0 aromatic heterocycles. The van der Waals surface area contributed by atoms with E-state index in [4.69, 9.17) is 0 Å². The molecule has 35 heavy (non-hydrogen) atoms. The molecule has 0 unspecified atom stereocenters. The smallest absolute Gasteiger partial charge is 0.323 e. The van der Waals surface area contributed by atoms with Gasteiger partial charge in [0.25, 0.3) is 5.91 Å². The van der Waals surface area contributed by atoms with E-state index in [1.54, 1.807) is 6.07 Å². The Hall–Kier alpha value is -3.32. The predicted octanol–water partition coefficient (Wildman–Crippen LogP) is 6.30. The zero-order valence-electron chi connectivity index (χ0n) is 19.9. The highest BCUT2D eigenvalue weighted by atomic mass is 79.9. The molecule has 1 aliphatic rings. The number of carbonyl (C=O) groups excluding carboxylic acids is 2. The van der Waals surface area contributed by atoms with Crippen molar-refractivity contribution in [2.24, 2.45) is 5.92 Å². The summed E-state index contributed by atoms with van der Waals surface area (Å²) >= 11 is 3.44. The van der Waals surface area contributed by atoms with E-state index in [9.17, 15) is 9.59 Å². The second-order valence-corrected chi connectivity index (χ2v) is 9.81. The fourth-order valence-electron chi connectivity index (χ4n) is 4.23. The highest BCUT2D eigenvalue weighted by Gasteiger charge is 2.22. The maximum atomic E-state index is 13.3. The summed E-state index contributed by atoms with van der Waals surface area (Å²) in [7, 11) is 0. The molecule has 0 atom stereocenters. The third kappa shape index (κ3) is 6.85. The monoisotopic (exact) mass is 534 g/mol. The summed E-state index contributed by atoms with van der Waals surface area (Å²) < 4.78 is 0.795. The number of anilines is 3. The second-order valence-electron chi connectivity index (χ2n) is 8.95. The molecule has 1 fully saturated rings. The molecule has 3 aromatic rings. The first-order chi connectivity index (χ1) is 17.0. The highest BCUT2D eigenvalue weighted by Crippen LogP contribution is 2.29. The Kier molecular flexibility index (Phi) is 8.42. The lowest BCUT2D eigenvalue weighted by molar-refractivity contribution is 0.0954. The van der Waals surface area contributed by atoms with Gasteiger partial charge in [0, 0.05) is 35.5 Å². The van der Waals surface area contributed by atoms with E-state index in [0.717, 1.165) is 42.5 Å². The standard InChI is InChI=1S/C28H31BrN4O2/c1-20-14-17-33(18-15-20)26-12-11-22(31-28(35)32-25-10-6-5-9-24(25)29)19-23(26)27(34)30-16-13-21-7-3-2-4-8-21/h2-12,19-20H,13-18H2,1H3,(H,30,34)(H2,31,32,35). The highest BCUT2D eigenvalue weighted by molar-refractivity contribution is 9.10. The summed E-state index contributed by atoms with van der Waals surface area (Å²) in [5, 5.41) is 8.76. The second kappa shape index (κ2) is 11.9. The predicted molar refractivity (Wildman–Crippen MR) is 146 cm³/mol. The molecule has 3 N–H and O–H groups in total. The fourth-order valence-corrected chi connectivity index (χ4v) is 4.61. The number of amides is 3. The first-order valence-electron chi connectivity index (χ1n) is 12.0. The van der Waals surface area contributed by atoms with Gasteiger partial charge in [-0.05, 0) is 77.0 Å². The maximum Gasteiger partial charge on any atom is 0.323 e.